The van der Waals surface area contributed by atoms with Crippen LogP contribution in [-0.2, 0) is 10.0 Å². The molecular weight excluding hydrogens is 308 g/mol. The number of hydrogen-bond acceptors (Lipinski definition) is 5. The Hall–Kier alpha value is -0.470. The molecule has 120 valence electrons. The Bertz CT molecular complexity index is 548. The summed E-state index contributed by atoms with van der Waals surface area (Å²) in [6, 6.07) is 3.38. The Morgan fingerprint density at radius 1 is 1.43 bits per heavy atom. The Morgan fingerprint density at radius 3 is 2.67 bits per heavy atom. The second-order valence-corrected chi connectivity index (χ2v) is 9.14. The number of aliphatic hydroxyl groups is 1. The molecule has 1 aliphatic rings. The van der Waals surface area contributed by atoms with E-state index in [-0.39, 0.29) is 6.54 Å². The molecule has 2 heterocycles. The van der Waals surface area contributed by atoms with Crippen molar-refractivity contribution in [2.45, 2.75) is 37.0 Å². The molecule has 0 aromatic carbocycles. The Kier molecular flexibility index (Phi) is 5.79. The highest BCUT2D eigenvalue weighted by atomic mass is 32.2. The number of nitrogens with zero attached hydrogens (tertiary/aromatic N) is 1. The van der Waals surface area contributed by atoms with Gasteiger partial charge in [-0.1, -0.05) is 6.92 Å². The van der Waals surface area contributed by atoms with Crippen LogP contribution >= 0.6 is 11.3 Å². The Labute approximate surface area is 131 Å². The standard InChI is InChI=1S/C14H24N2O3S2/c1-11-5-7-16(8-6-11)10-13(17)9-15-21(18,19)14-4-3-12(2)20-14/h3-4,11,13,15,17H,5-10H2,1-2H3. The van der Waals surface area contributed by atoms with Crippen LogP contribution in [0.25, 0.3) is 0 Å². The van der Waals surface area contributed by atoms with E-state index >= 15 is 0 Å². The Balaban J connectivity index is 1.79. The fraction of sp³-hybridized carbons (Fsp3) is 0.714. The first-order chi connectivity index (χ1) is 9.87. The van der Waals surface area contributed by atoms with Crippen LogP contribution in [0.3, 0.4) is 0 Å². The van der Waals surface area contributed by atoms with Crippen molar-refractivity contribution in [1.82, 2.24) is 9.62 Å². The predicted molar refractivity (Wildman–Crippen MR) is 85.1 cm³/mol. The summed E-state index contributed by atoms with van der Waals surface area (Å²) in [7, 11) is -3.49. The van der Waals surface area contributed by atoms with Gasteiger partial charge >= 0.3 is 0 Å². The third kappa shape index (κ3) is 5.03. The molecule has 21 heavy (non-hydrogen) atoms. The van der Waals surface area contributed by atoms with Gasteiger partial charge in [-0.25, -0.2) is 13.1 Å². The number of piperidine rings is 1. The van der Waals surface area contributed by atoms with E-state index in [1.54, 1.807) is 12.1 Å². The van der Waals surface area contributed by atoms with Crippen LogP contribution in [-0.4, -0.2) is 50.7 Å². The highest BCUT2D eigenvalue weighted by Crippen LogP contribution is 2.20. The molecule has 0 amide bonds. The van der Waals surface area contributed by atoms with Crippen molar-refractivity contribution in [2.24, 2.45) is 5.92 Å². The van der Waals surface area contributed by atoms with Gasteiger partial charge in [-0.15, -0.1) is 11.3 Å². The molecule has 0 radical (unpaired) electrons. The SMILES string of the molecule is Cc1ccc(S(=O)(=O)NCC(O)CN2CCC(C)CC2)s1. The number of nitrogens with one attached hydrogen (secondary N) is 1. The van der Waals surface area contributed by atoms with Crippen molar-refractivity contribution in [1.29, 1.82) is 0 Å². The number of β-amino-alcohol motifs (C(OH)–C–C–N with tert-alkyl or cyclic N) is 1. The van der Waals surface area contributed by atoms with Gasteiger partial charge in [0.15, 0.2) is 0 Å². The molecule has 1 aromatic rings. The first-order valence-electron chi connectivity index (χ1n) is 7.33. The molecular formula is C14H24N2O3S2. The van der Waals surface area contributed by atoms with Crippen molar-refractivity contribution in [3.63, 3.8) is 0 Å². The molecule has 7 heteroatoms. The summed E-state index contributed by atoms with van der Waals surface area (Å²) in [6.45, 7) is 6.66. The van der Waals surface area contributed by atoms with Gasteiger partial charge < -0.3 is 10.0 Å². The summed E-state index contributed by atoms with van der Waals surface area (Å²) in [5.74, 6) is 0.749. The summed E-state index contributed by atoms with van der Waals surface area (Å²) in [4.78, 5) is 3.16. The zero-order valence-electron chi connectivity index (χ0n) is 12.6. The molecule has 1 saturated heterocycles. The maximum Gasteiger partial charge on any atom is 0.250 e. The summed E-state index contributed by atoms with van der Waals surface area (Å²) < 4.78 is 26.9. The number of aryl methyl sites for hydroxylation is 1. The van der Waals surface area contributed by atoms with E-state index < -0.39 is 16.1 Å². The van der Waals surface area contributed by atoms with Crippen LogP contribution in [0.1, 0.15) is 24.6 Å². The molecule has 0 saturated carbocycles. The predicted octanol–water partition coefficient (Wildman–Crippen LogP) is 1.43. The highest BCUT2D eigenvalue weighted by molar-refractivity contribution is 7.91. The lowest BCUT2D eigenvalue weighted by molar-refractivity contribution is 0.0942. The zero-order valence-corrected chi connectivity index (χ0v) is 14.2. The van der Waals surface area contributed by atoms with Crippen molar-refractivity contribution < 1.29 is 13.5 Å². The van der Waals surface area contributed by atoms with Crippen molar-refractivity contribution in [2.75, 3.05) is 26.2 Å². The van der Waals surface area contributed by atoms with Crippen molar-refractivity contribution in [3.8, 4) is 0 Å². The number of hydrogen-bond donors (Lipinski definition) is 2. The van der Waals surface area contributed by atoms with Crippen LogP contribution in [0.4, 0.5) is 0 Å². The van der Waals surface area contributed by atoms with E-state index in [4.69, 9.17) is 0 Å². The third-order valence-electron chi connectivity index (χ3n) is 3.83. The number of thiophene rings is 1. The van der Waals surface area contributed by atoms with Gasteiger partial charge in [-0.05, 0) is 50.9 Å². The van der Waals surface area contributed by atoms with Gasteiger partial charge in [0, 0.05) is 18.0 Å². The monoisotopic (exact) mass is 332 g/mol. The van der Waals surface area contributed by atoms with Gasteiger partial charge in [0.05, 0.1) is 6.10 Å². The smallest absolute Gasteiger partial charge is 0.250 e. The maximum absolute atomic E-state index is 12.1. The summed E-state index contributed by atoms with van der Waals surface area (Å²) >= 11 is 1.24. The lowest BCUT2D eigenvalue weighted by Gasteiger charge is -2.31. The number of aliphatic hydroxyl groups excluding tert-OH is 1. The number of sulfonamides is 1. The van der Waals surface area contributed by atoms with Gasteiger partial charge in [-0.3, -0.25) is 0 Å². The summed E-state index contributed by atoms with van der Waals surface area (Å²) in [5, 5.41) is 10.0. The minimum Gasteiger partial charge on any atom is -0.390 e. The van der Waals surface area contributed by atoms with E-state index in [2.05, 4.69) is 16.5 Å². The molecule has 2 rings (SSSR count). The van der Waals surface area contributed by atoms with E-state index in [0.29, 0.717) is 10.8 Å². The van der Waals surface area contributed by atoms with Crippen LogP contribution in [0, 0.1) is 12.8 Å². The zero-order chi connectivity index (χ0) is 15.5. The topological polar surface area (TPSA) is 69.6 Å². The minimum atomic E-state index is -3.49. The van der Waals surface area contributed by atoms with E-state index in [1.807, 2.05) is 6.92 Å². The fourth-order valence-electron chi connectivity index (χ4n) is 2.44. The molecule has 1 atom stereocenters. The average molecular weight is 332 g/mol. The molecule has 1 aliphatic heterocycles. The Morgan fingerprint density at radius 2 is 2.10 bits per heavy atom. The van der Waals surface area contributed by atoms with Crippen LogP contribution in [0.15, 0.2) is 16.3 Å². The van der Waals surface area contributed by atoms with E-state index in [0.717, 1.165) is 36.7 Å². The molecule has 1 fully saturated rings. The summed E-state index contributed by atoms with van der Waals surface area (Å²) in [6.07, 6.45) is 1.62. The first kappa shape index (κ1) is 16.9. The lowest BCUT2D eigenvalue weighted by Crippen LogP contribution is -2.42. The third-order valence-corrected chi connectivity index (χ3v) is 6.75. The second kappa shape index (κ2) is 7.19. The summed E-state index contributed by atoms with van der Waals surface area (Å²) in [5.41, 5.74) is 0. The normalized spacial score (nSPS) is 19.8. The fourth-order valence-corrected chi connectivity index (χ4v) is 4.84. The second-order valence-electron chi connectivity index (χ2n) is 5.85. The molecule has 0 spiro atoms. The molecule has 2 N–H and O–H groups in total. The van der Waals surface area contributed by atoms with Gasteiger partial charge in [-0.2, -0.15) is 0 Å². The first-order valence-corrected chi connectivity index (χ1v) is 9.63. The number of rotatable bonds is 6. The maximum atomic E-state index is 12.1. The lowest BCUT2D eigenvalue weighted by atomic mass is 9.99. The number of likely N-dealkylation sites (tertiary alicyclic amines) is 1. The van der Waals surface area contributed by atoms with Gasteiger partial charge in [0.2, 0.25) is 10.0 Å². The molecule has 5 nitrogen and oxygen atoms in total. The molecule has 1 aromatic heterocycles. The van der Waals surface area contributed by atoms with Crippen LogP contribution < -0.4 is 4.72 Å². The quantitative estimate of drug-likeness (QED) is 0.827. The van der Waals surface area contributed by atoms with Crippen molar-refractivity contribution in [3.05, 3.63) is 17.0 Å². The van der Waals surface area contributed by atoms with Gasteiger partial charge in [0.1, 0.15) is 4.21 Å². The molecule has 0 bridgehead atoms. The minimum absolute atomic E-state index is 0.0608. The largest absolute Gasteiger partial charge is 0.390 e. The van der Waals surface area contributed by atoms with Crippen LogP contribution in [0.2, 0.25) is 0 Å². The molecule has 0 aliphatic carbocycles. The molecule has 1 unspecified atom stereocenters. The highest BCUT2D eigenvalue weighted by Gasteiger charge is 2.21. The van der Waals surface area contributed by atoms with Crippen LogP contribution in [0.5, 0.6) is 0 Å². The van der Waals surface area contributed by atoms with Crippen molar-refractivity contribution >= 4 is 21.4 Å². The van der Waals surface area contributed by atoms with E-state index in [1.165, 1.54) is 11.3 Å². The van der Waals surface area contributed by atoms with Gasteiger partial charge in [0.25, 0.3) is 0 Å². The van der Waals surface area contributed by atoms with E-state index in [9.17, 15) is 13.5 Å². The average Bonchev–Trinajstić information content (AvgIpc) is 2.87.